The highest BCUT2D eigenvalue weighted by atomic mass is 32.2. The Bertz CT molecular complexity index is 743. The highest BCUT2D eigenvalue weighted by molar-refractivity contribution is 7.89. The molecule has 0 radical (unpaired) electrons. The number of aromatic nitrogens is 2. The van der Waals surface area contributed by atoms with Crippen LogP contribution in [0.2, 0.25) is 0 Å². The van der Waals surface area contributed by atoms with E-state index in [2.05, 4.69) is 9.55 Å². The van der Waals surface area contributed by atoms with Crippen molar-refractivity contribution in [3.63, 3.8) is 0 Å². The van der Waals surface area contributed by atoms with Crippen molar-refractivity contribution in [2.24, 2.45) is 0 Å². The van der Waals surface area contributed by atoms with Gasteiger partial charge in [-0.2, -0.15) is 4.31 Å². The first-order valence-electron chi connectivity index (χ1n) is 7.78. The molecule has 124 valence electrons. The molecule has 1 aliphatic rings. The molecule has 2 aromatic heterocycles. The summed E-state index contributed by atoms with van der Waals surface area (Å²) in [6.45, 7) is 3.20. The Kier molecular flexibility index (Phi) is 4.68. The predicted octanol–water partition coefficient (Wildman–Crippen LogP) is 1.89. The third-order valence-electron chi connectivity index (χ3n) is 3.85. The fourth-order valence-corrected chi connectivity index (χ4v) is 4.28. The summed E-state index contributed by atoms with van der Waals surface area (Å²) in [6, 6.07) is 9.35. The van der Waals surface area contributed by atoms with Crippen LogP contribution < -0.4 is 4.74 Å². The molecule has 0 aliphatic carbocycles. The number of nitrogens with zero attached hydrogens (tertiary/aromatic N) is 3. The standard InChI is InChI=1S/C16H21N3O3S/c1-2-10-23(20,21)19-11-14-6-5-9-18(14)12-15(13-19)22-16-7-3-4-8-17-16/h3-9,15H,2,10-13H2,1H3. The third kappa shape index (κ3) is 3.73. The largest absolute Gasteiger partial charge is 0.471 e. The third-order valence-corrected chi connectivity index (χ3v) is 5.84. The topological polar surface area (TPSA) is 64.4 Å². The maximum Gasteiger partial charge on any atom is 0.214 e. The van der Waals surface area contributed by atoms with Gasteiger partial charge in [-0.1, -0.05) is 13.0 Å². The zero-order chi connectivity index (χ0) is 16.3. The van der Waals surface area contributed by atoms with E-state index in [0.29, 0.717) is 31.9 Å². The minimum absolute atomic E-state index is 0.157. The van der Waals surface area contributed by atoms with E-state index < -0.39 is 10.0 Å². The van der Waals surface area contributed by atoms with Crippen LogP contribution in [-0.4, -0.2) is 40.7 Å². The van der Waals surface area contributed by atoms with Crippen LogP contribution in [0, 0.1) is 0 Å². The minimum Gasteiger partial charge on any atom is -0.471 e. The van der Waals surface area contributed by atoms with Crippen molar-refractivity contribution in [1.82, 2.24) is 13.9 Å². The molecule has 0 bridgehead atoms. The van der Waals surface area contributed by atoms with Gasteiger partial charge < -0.3 is 9.30 Å². The molecule has 1 atom stereocenters. The maximum atomic E-state index is 12.5. The van der Waals surface area contributed by atoms with E-state index >= 15 is 0 Å². The molecule has 0 spiro atoms. The van der Waals surface area contributed by atoms with E-state index in [0.717, 1.165) is 5.69 Å². The van der Waals surface area contributed by atoms with E-state index in [1.54, 1.807) is 12.3 Å². The van der Waals surface area contributed by atoms with Gasteiger partial charge >= 0.3 is 0 Å². The maximum absolute atomic E-state index is 12.5. The quantitative estimate of drug-likeness (QED) is 0.837. The Hall–Kier alpha value is -1.86. The van der Waals surface area contributed by atoms with Gasteiger partial charge in [0, 0.05) is 24.2 Å². The Morgan fingerprint density at radius 2 is 2.13 bits per heavy atom. The molecule has 0 saturated carbocycles. The van der Waals surface area contributed by atoms with Crippen molar-refractivity contribution in [2.45, 2.75) is 32.5 Å². The summed E-state index contributed by atoms with van der Waals surface area (Å²) in [4.78, 5) is 4.17. The van der Waals surface area contributed by atoms with Gasteiger partial charge in [0.25, 0.3) is 0 Å². The number of rotatable bonds is 5. The van der Waals surface area contributed by atoms with Gasteiger partial charge in [-0.3, -0.25) is 0 Å². The average molecular weight is 335 g/mol. The van der Waals surface area contributed by atoms with Crippen LogP contribution >= 0.6 is 0 Å². The van der Waals surface area contributed by atoms with E-state index in [-0.39, 0.29) is 11.9 Å². The van der Waals surface area contributed by atoms with Gasteiger partial charge in [0.05, 0.1) is 25.4 Å². The first kappa shape index (κ1) is 16.0. The van der Waals surface area contributed by atoms with E-state index in [1.165, 1.54) is 4.31 Å². The van der Waals surface area contributed by atoms with Gasteiger partial charge in [-0.15, -0.1) is 0 Å². The molecule has 3 rings (SSSR count). The second kappa shape index (κ2) is 6.72. The molecule has 0 aromatic carbocycles. The van der Waals surface area contributed by atoms with E-state index in [9.17, 15) is 8.42 Å². The Morgan fingerprint density at radius 3 is 2.87 bits per heavy atom. The molecule has 6 nitrogen and oxygen atoms in total. The first-order chi connectivity index (χ1) is 11.1. The summed E-state index contributed by atoms with van der Waals surface area (Å²) >= 11 is 0. The molecule has 0 amide bonds. The number of ether oxygens (including phenoxy) is 1. The molecule has 23 heavy (non-hydrogen) atoms. The average Bonchev–Trinajstić information content (AvgIpc) is 2.87. The van der Waals surface area contributed by atoms with Crippen LogP contribution in [0.5, 0.6) is 5.88 Å². The van der Waals surface area contributed by atoms with Crippen molar-refractivity contribution < 1.29 is 13.2 Å². The molecule has 7 heteroatoms. The second-order valence-corrected chi connectivity index (χ2v) is 7.76. The summed E-state index contributed by atoms with van der Waals surface area (Å²) < 4.78 is 34.5. The Balaban J connectivity index is 1.86. The van der Waals surface area contributed by atoms with Crippen LogP contribution in [0.4, 0.5) is 0 Å². The van der Waals surface area contributed by atoms with E-state index in [4.69, 9.17) is 4.74 Å². The van der Waals surface area contributed by atoms with Gasteiger partial charge in [0.1, 0.15) is 6.10 Å². The van der Waals surface area contributed by atoms with Crippen LogP contribution in [0.15, 0.2) is 42.7 Å². The summed E-state index contributed by atoms with van der Waals surface area (Å²) in [5.74, 6) is 0.672. The van der Waals surface area contributed by atoms with Gasteiger partial charge in [0.15, 0.2) is 0 Å². The fraction of sp³-hybridized carbons (Fsp3) is 0.438. The van der Waals surface area contributed by atoms with Gasteiger partial charge in [-0.25, -0.2) is 13.4 Å². The number of fused-ring (bicyclic) bond motifs is 1. The molecular formula is C16H21N3O3S. The zero-order valence-corrected chi connectivity index (χ0v) is 13.9. The summed E-state index contributed by atoms with van der Waals surface area (Å²) in [6.07, 6.45) is 3.95. The van der Waals surface area contributed by atoms with Crippen molar-refractivity contribution in [1.29, 1.82) is 0 Å². The molecule has 0 fully saturated rings. The molecule has 3 heterocycles. The number of sulfonamides is 1. The predicted molar refractivity (Wildman–Crippen MR) is 87.6 cm³/mol. The van der Waals surface area contributed by atoms with Gasteiger partial charge in [0.2, 0.25) is 15.9 Å². The molecule has 0 N–H and O–H groups in total. The number of hydrogen-bond donors (Lipinski definition) is 0. The second-order valence-electron chi connectivity index (χ2n) is 5.67. The minimum atomic E-state index is -3.28. The van der Waals surface area contributed by atoms with Crippen molar-refractivity contribution in [2.75, 3.05) is 12.3 Å². The monoisotopic (exact) mass is 335 g/mol. The first-order valence-corrected chi connectivity index (χ1v) is 9.39. The van der Waals surface area contributed by atoms with Gasteiger partial charge in [-0.05, 0) is 24.6 Å². The van der Waals surface area contributed by atoms with Crippen molar-refractivity contribution in [3.8, 4) is 5.88 Å². The number of pyridine rings is 1. The van der Waals surface area contributed by atoms with Crippen molar-refractivity contribution >= 4 is 10.0 Å². The van der Waals surface area contributed by atoms with E-state index in [1.807, 2.05) is 37.4 Å². The Labute approximate surface area is 136 Å². The smallest absolute Gasteiger partial charge is 0.214 e. The molecule has 0 saturated heterocycles. The lowest BCUT2D eigenvalue weighted by molar-refractivity contribution is 0.154. The molecule has 1 unspecified atom stereocenters. The van der Waals surface area contributed by atoms with Crippen LogP contribution in [0.3, 0.4) is 0 Å². The molecule has 1 aliphatic heterocycles. The molecule has 2 aromatic rings. The van der Waals surface area contributed by atoms with Crippen LogP contribution in [-0.2, 0) is 23.1 Å². The van der Waals surface area contributed by atoms with Crippen LogP contribution in [0.1, 0.15) is 19.0 Å². The number of hydrogen-bond acceptors (Lipinski definition) is 4. The van der Waals surface area contributed by atoms with Crippen LogP contribution in [0.25, 0.3) is 0 Å². The summed E-state index contributed by atoms with van der Waals surface area (Å²) in [7, 11) is -3.28. The SMILES string of the molecule is CCCS(=O)(=O)N1Cc2cccn2CC(Oc2ccccn2)C1. The fourth-order valence-electron chi connectivity index (χ4n) is 2.78. The highest BCUT2D eigenvalue weighted by Crippen LogP contribution is 2.20. The lowest BCUT2D eigenvalue weighted by Crippen LogP contribution is -2.39. The Morgan fingerprint density at radius 1 is 1.26 bits per heavy atom. The van der Waals surface area contributed by atoms with Crippen molar-refractivity contribution in [3.05, 3.63) is 48.4 Å². The zero-order valence-electron chi connectivity index (χ0n) is 13.1. The lowest BCUT2D eigenvalue weighted by atomic mass is 10.3. The normalized spacial score (nSPS) is 19.1. The lowest BCUT2D eigenvalue weighted by Gasteiger charge is -2.23. The highest BCUT2D eigenvalue weighted by Gasteiger charge is 2.30. The summed E-state index contributed by atoms with van der Waals surface area (Å²) in [5.41, 5.74) is 0.983. The molecular weight excluding hydrogens is 314 g/mol. The summed E-state index contributed by atoms with van der Waals surface area (Å²) in [5, 5.41) is 0.